The highest BCUT2D eigenvalue weighted by Crippen LogP contribution is 2.38. The first kappa shape index (κ1) is 17.7. The molecule has 9 heteroatoms. The standard InChI is InChI=1S/C18H20FN5O2S/c1-18(2)10-20-14-9-12(8-11-4-6-13(19)7-5-11)16-21-17(23-27(3,25)26)22-24(16)15(14)18/h4-7,9,20H,8,10H2,1-3H3,(H,22,23). The van der Waals surface area contributed by atoms with Crippen LogP contribution >= 0.6 is 0 Å². The molecule has 27 heavy (non-hydrogen) atoms. The second-order valence-electron chi connectivity index (χ2n) is 7.52. The van der Waals surface area contributed by atoms with E-state index in [0.29, 0.717) is 12.1 Å². The molecule has 1 aromatic carbocycles. The molecule has 0 aliphatic carbocycles. The summed E-state index contributed by atoms with van der Waals surface area (Å²) in [5.74, 6) is -0.252. The molecule has 7 nitrogen and oxygen atoms in total. The van der Waals surface area contributed by atoms with E-state index >= 15 is 0 Å². The van der Waals surface area contributed by atoms with Gasteiger partial charge in [0.25, 0.3) is 5.95 Å². The van der Waals surface area contributed by atoms with E-state index in [4.69, 9.17) is 0 Å². The lowest BCUT2D eigenvalue weighted by Gasteiger charge is -2.18. The minimum Gasteiger partial charge on any atom is -0.383 e. The molecule has 0 atom stereocenters. The summed E-state index contributed by atoms with van der Waals surface area (Å²) in [6.07, 6.45) is 1.59. The molecule has 3 heterocycles. The molecule has 0 amide bonds. The maximum Gasteiger partial charge on any atom is 0.256 e. The van der Waals surface area contributed by atoms with Crippen LogP contribution in [0.2, 0.25) is 0 Å². The van der Waals surface area contributed by atoms with Gasteiger partial charge in [-0.3, -0.25) is 4.72 Å². The maximum atomic E-state index is 13.2. The summed E-state index contributed by atoms with van der Waals surface area (Å²) in [5, 5.41) is 7.79. The summed E-state index contributed by atoms with van der Waals surface area (Å²) < 4.78 is 40.5. The van der Waals surface area contributed by atoms with Crippen LogP contribution in [0.4, 0.5) is 16.0 Å². The first-order chi connectivity index (χ1) is 12.6. The van der Waals surface area contributed by atoms with Crippen LogP contribution in [0, 0.1) is 5.82 Å². The second-order valence-corrected chi connectivity index (χ2v) is 9.27. The van der Waals surface area contributed by atoms with E-state index in [-0.39, 0.29) is 17.2 Å². The largest absolute Gasteiger partial charge is 0.383 e. The quantitative estimate of drug-likeness (QED) is 0.716. The van der Waals surface area contributed by atoms with Crippen LogP contribution in [-0.2, 0) is 21.9 Å². The fourth-order valence-electron chi connectivity index (χ4n) is 3.44. The van der Waals surface area contributed by atoms with E-state index in [1.165, 1.54) is 12.1 Å². The Bertz CT molecular complexity index is 1140. The highest BCUT2D eigenvalue weighted by atomic mass is 32.2. The van der Waals surface area contributed by atoms with Crippen LogP contribution in [0.25, 0.3) is 5.65 Å². The SMILES string of the molecule is CC1(C)CNc2cc(Cc3ccc(F)cc3)c3nc(NS(C)(=O)=O)nn3c21. The van der Waals surface area contributed by atoms with Crippen molar-refractivity contribution in [2.45, 2.75) is 25.7 Å². The van der Waals surface area contributed by atoms with Gasteiger partial charge in [0, 0.05) is 23.9 Å². The van der Waals surface area contributed by atoms with Gasteiger partial charge in [0.15, 0.2) is 5.65 Å². The number of aromatic nitrogens is 3. The van der Waals surface area contributed by atoms with Crippen LogP contribution in [0.3, 0.4) is 0 Å². The third kappa shape index (κ3) is 3.34. The summed E-state index contributed by atoms with van der Waals surface area (Å²) in [7, 11) is -3.49. The van der Waals surface area contributed by atoms with Crippen molar-refractivity contribution < 1.29 is 12.8 Å². The third-order valence-corrected chi connectivity index (χ3v) is 5.18. The number of fused-ring (bicyclic) bond motifs is 3. The fraction of sp³-hybridized carbons (Fsp3) is 0.333. The van der Waals surface area contributed by atoms with Gasteiger partial charge in [0.2, 0.25) is 10.0 Å². The van der Waals surface area contributed by atoms with Gasteiger partial charge in [-0.2, -0.15) is 4.98 Å². The van der Waals surface area contributed by atoms with Crippen molar-refractivity contribution in [3.8, 4) is 0 Å². The predicted molar refractivity (Wildman–Crippen MR) is 102 cm³/mol. The van der Waals surface area contributed by atoms with Crippen LogP contribution < -0.4 is 10.0 Å². The first-order valence-corrected chi connectivity index (χ1v) is 10.4. The highest BCUT2D eigenvalue weighted by molar-refractivity contribution is 7.91. The molecule has 1 aliphatic rings. The average molecular weight is 389 g/mol. The second kappa shape index (κ2) is 5.91. The molecule has 0 spiro atoms. The molecule has 142 valence electrons. The van der Waals surface area contributed by atoms with Crippen molar-refractivity contribution in [2.75, 3.05) is 22.8 Å². The van der Waals surface area contributed by atoms with Crippen molar-refractivity contribution in [2.24, 2.45) is 0 Å². The Kier molecular flexibility index (Phi) is 3.88. The molecular weight excluding hydrogens is 369 g/mol. The Labute approximate surface area is 156 Å². The molecular formula is C18H20FN5O2S. The molecule has 0 saturated carbocycles. The summed E-state index contributed by atoms with van der Waals surface area (Å²) in [6.45, 7) is 4.93. The van der Waals surface area contributed by atoms with Gasteiger partial charge in [-0.25, -0.2) is 17.3 Å². The lowest BCUT2D eigenvalue weighted by molar-refractivity contribution is 0.551. The number of nitrogens with zero attached hydrogens (tertiary/aromatic N) is 3. The van der Waals surface area contributed by atoms with Gasteiger partial charge < -0.3 is 5.32 Å². The Morgan fingerprint density at radius 2 is 2.00 bits per heavy atom. The summed E-state index contributed by atoms with van der Waals surface area (Å²) >= 11 is 0. The topological polar surface area (TPSA) is 88.4 Å². The summed E-state index contributed by atoms with van der Waals surface area (Å²) in [5.41, 5.74) is 4.10. The number of sulfonamides is 1. The van der Waals surface area contributed by atoms with Gasteiger partial charge in [-0.1, -0.05) is 26.0 Å². The minimum absolute atomic E-state index is 0.0361. The summed E-state index contributed by atoms with van der Waals surface area (Å²) in [4.78, 5) is 4.41. The smallest absolute Gasteiger partial charge is 0.256 e. The van der Waals surface area contributed by atoms with E-state index in [0.717, 1.165) is 35.3 Å². The van der Waals surface area contributed by atoms with Crippen molar-refractivity contribution in [3.05, 3.63) is 53.0 Å². The zero-order valence-corrected chi connectivity index (χ0v) is 16.1. The number of halogens is 1. The number of hydrogen-bond donors (Lipinski definition) is 2. The van der Waals surface area contributed by atoms with Gasteiger partial charge in [0.1, 0.15) is 5.82 Å². The molecule has 2 N–H and O–H groups in total. The zero-order chi connectivity index (χ0) is 19.4. The molecule has 0 unspecified atom stereocenters. The monoisotopic (exact) mass is 389 g/mol. The van der Waals surface area contributed by atoms with E-state index in [2.05, 4.69) is 34.0 Å². The number of pyridine rings is 1. The van der Waals surface area contributed by atoms with Crippen molar-refractivity contribution in [3.63, 3.8) is 0 Å². The highest BCUT2D eigenvalue weighted by Gasteiger charge is 2.34. The molecule has 4 rings (SSSR count). The molecule has 1 aliphatic heterocycles. The maximum absolute atomic E-state index is 13.2. The van der Waals surface area contributed by atoms with E-state index in [1.807, 2.05) is 6.07 Å². The number of hydrogen-bond acceptors (Lipinski definition) is 5. The van der Waals surface area contributed by atoms with Crippen LogP contribution in [0.5, 0.6) is 0 Å². The molecule has 0 saturated heterocycles. The van der Waals surface area contributed by atoms with E-state index < -0.39 is 10.0 Å². The Morgan fingerprint density at radius 1 is 1.30 bits per heavy atom. The van der Waals surface area contributed by atoms with Gasteiger partial charge in [0.05, 0.1) is 17.6 Å². The van der Waals surface area contributed by atoms with E-state index in [1.54, 1.807) is 16.6 Å². The molecule has 2 aromatic heterocycles. The van der Waals surface area contributed by atoms with Crippen molar-refractivity contribution in [1.82, 2.24) is 14.6 Å². The zero-order valence-electron chi connectivity index (χ0n) is 15.2. The molecule has 3 aromatic rings. The van der Waals surface area contributed by atoms with Crippen LogP contribution in [-0.4, -0.2) is 35.8 Å². The number of rotatable bonds is 4. The Balaban J connectivity index is 1.88. The van der Waals surface area contributed by atoms with Crippen LogP contribution in [0.15, 0.2) is 30.3 Å². The summed E-state index contributed by atoms with van der Waals surface area (Å²) in [6, 6.07) is 8.30. The number of benzene rings is 1. The van der Waals surface area contributed by atoms with Crippen LogP contribution in [0.1, 0.15) is 30.7 Å². The predicted octanol–water partition coefficient (Wildman–Crippen LogP) is 2.53. The Morgan fingerprint density at radius 3 is 2.67 bits per heavy atom. The van der Waals surface area contributed by atoms with Crippen molar-refractivity contribution in [1.29, 1.82) is 0 Å². The lowest BCUT2D eigenvalue weighted by Crippen LogP contribution is -2.22. The number of anilines is 2. The third-order valence-electron chi connectivity index (χ3n) is 4.63. The Hall–Kier alpha value is -2.68. The van der Waals surface area contributed by atoms with Crippen molar-refractivity contribution >= 4 is 27.3 Å². The molecule has 0 bridgehead atoms. The van der Waals surface area contributed by atoms with Gasteiger partial charge in [-0.15, -0.1) is 5.10 Å². The first-order valence-electron chi connectivity index (χ1n) is 8.52. The normalized spacial score (nSPS) is 15.6. The van der Waals surface area contributed by atoms with Gasteiger partial charge in [-0.05, 0) is 23.8 Å². The van der Waals surface area contributed by atoms with E-state index in [9.17, 15) is 12.8 Å². The van der Waals surface area contributed by atoms with Gasteiger partial charge >= 0.3 is 0 Å². The lowest BCUT2D eigenvalue weighted by atomic mass is 9.90. The molecule has 0 radical (unpaired) electrons. The molecule has 0 fully saturated rings. The fourth-order valence-corrected chi connectivity index (χ4v) is 3.86. The average Bonchev–Trinajstić information content (AvgIpc) is 3.08. The number of nitrogens with one attached hydrogen (secondary N) is 2. The minimum atomic E-state index is -3.49.